The van der Waals surface area contributed by atoms with Crippen molar-refractivity contribution in [2.24, 2.45) is 0 Å². The average Bonchev–Trinajstić information content (AvgIpc) is 2.03. The zero-order valence-corrected chi connectivity index (χ0v) is 7.71. The van der Waals surface area contributed by atoms with Gasteiger partial charge in [0, 0.05) is 0 Å². The third-order valence-electron chi connectivity index (χ3n) is 2.02. The van der Waals surface area contributed by atoms with E-state index < -0.39 is 0 Å². The van der Waals surface area contributed by atoms with Crippen molar-refractivity contribution >= 4 is 0 Å². The van der Waals surface area contributed by atoms with E-state index in [0.717, 1.165) is 0 Å². The number of allylic oxidation sites excluding steroid dienone is 1. The smallest absolute Gasteiger partial charge is 0.688 e. The second-order valence-corrected chi connectivity index (χ2v) is 2.92. The fraction of sp³-hybridized carbons (Fsp3) is 0.778. The molecule has 0 heterocycles. The molecule has 1 rings (SSSR count). The van der Waals surface area contributed by atoms with Gasteiger partial charge in [-0.15, -0.1) is 12.1 Å². The minimum atomic E-state index is 0. The molecule has 0 aromatic carbocycles. The maximum Gasteiger partial charge on any atom is 1.00 e. The fourth-order valence-corrected chi connectivity index (χ4v) is 1.44. The van der Waals surface area contributed by atoms with Gasteiger partial charge >= 0.3 is 18.9 Å². The van der Waals surface area contributed by atoms with Gasteiger partial charge in [-0.1, -0.05) is 32.1 Å². The second-order valence-electron chi connectivity index (χ2n) is 2.92. The summed E-state index contributed by atoms with van der Waals surface area (Å²) in [6.07, 6.45) is 10.7. The Labute approximate surface area is 81.8 Å². The summed E-state index contributed by atoms with van der Waals surface area (Å²) in [5, 5.41) is 4.42. The van der Waals surface area contributed by atoms with Crippen molar-refractivity contribution in [3.63, 3.8) is 0 Å². The summed E-state index contributed by atoms with van der Waals surface area (Å²) in [5.41, 5.74) is 0. The minimum absolute atomic E-state index is 0. The molecule has 0 spiro atoms. The summed E-state index contributed by atoms with van der Waals surface area (Å²) in [7, 11) is 0. The zero-order valence-electron chi connectivity index (χ0n) is 7.71. The van der Waals surface area contributed by atoms with Gasteiger partial charge in [0.15, 0.2) is 0 Å². The molecular formula is C9H16LiN. The maximum atomic E-state index is 4.42. The molecule has 0 atom stereocenters. The minimum Gasteiger partial charge on any atom is -0.688 e. The molecule has 0 N–H and O–H groups in total. The molecule has 0 saturated heterocycles. The summed E-state index contributed by atoms with van der Waals surface area (Å²) in [4.78, 5) is 0. The van der Waals surface area contributed by atoms with E-state index in [4.69, 9.17) is 0 Å². The van der Waals surface area contributed by atoms with Crippen LogP contribution in [0.1, 0.15) is 39.0 Å². The molecular weight excluding hydrogens is 129 g/mol. The van der Waals surface area contributed by atoms with Crippen LogP contribution in [-0.4, -0.2) is 6.04 Å². The molecule has 1 fully saturated rings. The van der Waals surface area contributed by atoms with Crippen molar-refractivity contribution in [2.75, 3.05) is 0 Å². The largest absolute Gasteiger partial charge is 1.00 e. The van der Waals surface area contributed by atoms with Gasteiger partial charge in [-0.2, -0.15) is 6.20 Å². The Balaban J connectivity index is 0.000001000. The Bertz CT molecular complexity index is 106. The van der Waals surface area contributed by atoms with Crippen LogP contribution in [0, 0.1) is 0 Å². The predicted molar refractivity (Wildman–Crippen MR) is 45.0 cm³/mol. The average molecular weight is 145 g/mol. The maximum absolute atomic E-state index is 4.42. The summed E-state index contributed by atoms with van der Waals surface area (Å²) in [6.45, 7) is 2.02. The summed E-state index contributed by atoms with van der Waals surface area (Å²) in [6, 6.07) is 0.643. The predicted octanol–water partition coefficient (Wildman–Crippen LogP) is 0.230. The SMILES string of the molecule is C/C=C/[N-]C1CCCCC1.[Li+]. The molecule has 2 heteroatoms. The molecule has 58 valence electrons. The van der Waals surface area contributed by atoms with E-state index in [0.29, 0.717) is 6.04 Å². The Morgan fingerprint density at radius 2 is 1.82 bits per heavy atom. The van der Waals surface area contributed by atoms with Gasteiger partial charge in [0.05, 0.1) is 0 Å². The zero-order chi connectivity index (χ0) is 7.23. The van der Waals surface area contributed by atoms with Crippen molar-refractivity contribution in [3.05, 3.63) is 17.6 Å². The van der Waals surface area contributed by atoms with Crippen LogP contribution in [0.25, 0.3) is 5.32 Å². The van der Waals surface area contributed by atoms with Crippen LogP contribution in [0.5, 0.6) is 0 Å². The van der Waals surface area contributed by atoms with Crippen LogP contribution >= 0.6 is 0 Å². The van der Waals surface area contributed by atoms with Gasteiger partial charge < -0.3 is 5.32 Å². The monoisotopic (exact) mass is 145 g/mol. The van der Waals surface area contributed by atoms with E-state index in [-0.39, 0.29) is 18.9 Å². The van der Waals surface area contributed by atoms with Crippen molar-refractivity contribution in [3.8, 4) is 0 Å². The standard InChI is InChI=1S/C9H16N.Li/c1-2-8-10-9-6-4-3-5-7-9;/h2,8-9H,3-7H2,1H3;/q-1;+1/b8-2+;. The molecule has 1 saturated carbocycles. The van der Waals surface area contributed by atoms with Crippen LogP contribution in [0.2, 0.25) is 0 Å². The number of rotatable bonds is 2. The quantitative estimate of drug-likeness (QED) is 0.494. The molecule has 0 radical (unpaired) electrons. The molecule has 0 aromatic rings. The van der Waals surface area contributed by atoms with Gasteiger partial charge in [-0.05, 0) is 6.92 Å². The molecule has 11 heavy (non-hydrogen) atoms. The summed E-state index contributed by atoms with van der Waals surface area (Å²) in [5.74, 6) is 0. The second kappa shape index (κ2) is 6.82. The van der Waals surface area contributed by atoms with Gasteiger partial charge in [-0.25, -0.2) is 0 Å². The van der Waals surface area contributed by atoms with E-state index in [1.807, 2.05) is 19.2 Å². The van der Waals surface area contributed by atoms with Crippen molar-refractivity contribution in [1.29, 1.82) is 0 Å². The van der Waals surface area contributed by atoms with Gasteiger partial charge in [-0.3, -0.25) is 0 Å². The van der Waals surface area contributed by atoms with E-state index in [9.17, 15) is 0 Å². The topological polar surface area (TPSA) is 14.1 Å². The van der Waals surface area contributed by atoms with Crippen LogP contribution in [0.4, 0.5) is 0 Å². The molecule has 0 unspecified atom stereocenters. The normalized spacial score (nSPS) is 19.7. The van der Waals surface area contributed by atoms with E-state index in [2.05, 4.69) is 5.32 Å². The van der Waals surface area contributed by atoms with E-state index in [1.165, 1.54) is 32.1 Å². The van der Waals surface area contributed by atoms with Crippen LogP contribution < -0.4 is 18.9 Å². The first-order valence-corrected chi connectivity index (χ1v) is 4.24. The number of hydrogen-bond donors (Lipinski definition) is 0. The molecule has 1 aliphatic rings. The molecule has 0 amide bonds. The molecule has 1 nitrogen and oxygen atoms in total. The number of nitrogens with zero attached hydrogens (tertiary/aromatic N) is 1. The van der Waals surface area contributed by atoms with Crippen molar-refractivity contribution in [2.45, 2.75) is 45.1 Å². The Morgan fingerprint density at radius 3 is 2.36 bits per heavy atom. The van der Waals surface area contributed by atoms with Crippen molar-refractivity contribution in [1.82, 2.24) is 0 Å². The van der Waals surface area contributed by atoms with Crippen LogP contribution in [-0.2, 0) is 0 Å². The number of hydrogen-bond acceptors (Lipinski definition) is 0. The molecule has 0 aromatic heterocycles. The van der Waals surface area contributed by atoms with Gasteiger partial charge in [0.1, 0.15) is 0 Å². The van der Waals surface area contributed by atoms with Crippen LogP contribution in [0.3, 0.4) is 0 Å². The fourth-order valence-electron chi connectivity index (χ4n) is 1.44. The first-order valence-electron chi connectivity index (χ1n) is 4.24. The third kappa shape index (κ3) is 4.56. The molecule has 0 aliphatic heterocycles. The summed E-state index contributed by atoms with van der Waals surface area (Å²) < 4.78 is 0. The van der Waals surface area contributed by atoms with Crippen LogP contribution in [0.15, 0.2) is 12.3 Å². The first-order chi connectivity index (χ1) is 4.93. The van der Waals surface area contributed by atoms with Gasteiger partial charge in [0.2, 0.25) is 0 Å². The van der Waals surface area contributed by atoms with E-state index in [1.54, 1.807) is 0 Å². The molecule has 1 aliphatic carbocycles. The Kier molecular flexibility index (Phi) is 6.91. The molecule has 0 bridgehead atoms. The van der Waals surface area contributed by atoms with Crippen molar-refractivity contribution < 1.29 is 18.9 Å². The van der Waals surface area contributed by atoms with Gasteiger partial charge in [0.25, 0.3) is 0 Å². The Hall–Kier alpha value is 0.137. The third-order valence-corrected chi connectivity index (χ3v) is 2.02. The first kappa shape index (κ1) is 11.1. The van der Waals surface area contributed by atoms with E-state index >= 15 is 0 Å². The summed E-state index contributed by atoms with van der Waals surface area (Å²) >= 11 is 0. The Morgan fingerprint density at radius 1 is 1.18 bits per heavy atom.